The maximum absolute atomic E-state index is 13.7. The van der Waals surface area contributed by atoms with Crippen molar-refractivity contribution < 1.29 is 18.3 Å². The van der Waals surface area contributed by atoms with Crippen LogP contribution in [0.3, 0.4) is 0 Å². The van der Waals surface area contributed by atoms with E-state index >= 15 is 0 Å². The van der Waals surface area contributed by atoms with Gasteiger partial charge < -0.3 is 9.64 Å². The first kappa shape index (κ1) is 19.9. The number of carbonyl (C=O) groups excluding carboxylic acids is 1. The molecule has 6 nitrogen and oxygen atoms in total. The summed E-state index contributed by atoms with van der Waals surface area (Å²) < 4.78 is 34.0. The minimum atomic E-state index is -2.89. The minimum Gasteiger partial charge on any atom is -0.382 e. The molecule has 0 aliphatic heterocycles. The monoisotopic (exact) mass is 388 g/mol. The van der Waals surface area contributed by atoms with Crippen LogP contribution < -0.4 is 0 Å². The molecule has 148 valence electrons. The van der Waals surface area contributed by atoms with E-state index in [1.165, 1.54) is 30.1 Å². The highest BCUT2D eigenvalue weighted by molar-refractivity contribution is 5.95. The smallest absolute Gasteiger partial charge is 0.282 e. The summed E-state index contributed by atoms with van der Waals surface area (Å²) in [6.07, 6.45) is 1.36. The predicted octanol–water partition coefficient (Wildman–Crippen LogP) is 3.73. The second-order valence-electron chi connectivity index (χ2n) is 7.07. The number of alkyl halides is 2. The molecule has 0 saturated carbocycles. The van der Waals surface area contributed by atoms with Crippen LogP contribution in [0.1, 0.15) is 42.0 Å². The zero-order chi connectivity index (χ0) is 20.3. The molecule has 3 rings (SSSR count). The molecular weight excluding hydrogens is 366 g/mol. The first-order valence-electron chi connectivity index (χ1n) is 8.80. The van der Waals surface area contributed by atoms with Crippen molar-refractivity contribution in [1.82, 2.24) is 19.3 Å². The number of ether oxygens (including phenoxy) is 1. The van der Waals surface area contributed by atoms with E-state index in [0.717, 1.165) is 5.56 Å². The van der Waals surface area contributed by atoms with E-state index in [0.29, 0.717) is 0 Å². The number of halogens is 2. The largest absolute Gasteiger partial charge is 0.382 e. The molecular formula is C20H22F2N4O2. The number of carbonyl (C=O) groups is 1. The molecule has 0 spiro atoms. The van der Waals surface area contributed by atoms with Crippen molar-refractivity contribution in [3.05, 3.63) is 65.9 Å². The first-order valence-corrected chi connectivity index (χ1v) is 8.80. The number of amides is 1. The SMILES string of the molecule is COCC(C)(C)N(Cc1ccccc1)C(=O)c1c(C(F)F)nc2cnccn12. The average molecular weight is 388 g/mol. The van der Waals surface area contributed by atoms with Gasteiger partial charge in [0.2, 0.25) is 0 Å². The lowest BCUT2D eigenvalue weighted by Crippen LogP contribution is -2.50. The van der Waals surface area contributed by atoms with Gasteiger partial charge in [0.05, 0.1) is 18.3 Å². The molecule has 0 bridgehead atoms. The summed E-state index contributed by atoms with van der Waals surface area (Å²) in [7, 11) is 1.54. The Morgan fingerprint density at radius 3 is 2.64 bits per heavy atom. The molecule has 0 N–H and O–H groups in total. The Morgan fingerprint density at radius 2 is 2.00 bits per heavy atom. The molecule has 0 fully saturated rings. The van der Waals surface area contributed by atoms with Gasteiger partial charge in [-0.15, -0.1) is 0 Å². The van der Waals surface area contributed by atoms with Crippen LogP contribution in [0.25, 0.3) is 5.65 Å². The number of hydrogen-bond acceptors (Lipinski definition) is 4. The quantitative estimate of drug-likeness (QED) is 0.619. The molecule has 0 atom stereocenters. The highest BCUT2D eigenvalue weighted by atomic mass is 19.3. The Labute approximate surface area is 161 Å². The summed E-state index contributed by atoms with van der Waals surface area (Å²) in [5, 5.41) is 0. The standard InChI is InChI=1S/C20H22F2N4O2/c1-20(2,13-28-3)26(12-14-7-5-4-6-8-14)19(27)17-16(18(21)22)24-15-11-23-9-10-25(15)17/h4-11,18H,12-13H2,1-3H3. The Kier molecular flexibility index (Phi) is 5.69. The molecule has 1 aromatic carbocycles. The van der Waals surface area contributed by atoms with Crippen LogP contribution in [0, 0.1) is 0 Å². The molecule has 2 heterocycles. The Morgan fingerprint density at radius 1 is 1.29 bits per heavy atom. The highest BCUT2D eigenvalue weighted by Gasteiger charge is 2.36. The summed E-state index contributed by atoms with van der Waals surface area (Å²) in [4.78, 5) is 22.9. The van der Waals surface area contributed by atoms with Crippen LogP contribution in [-0.4, -0.2) is 44.4 Å². The predicted molar refractivity (Wildman–Crippen MR) is 100 cm³/mol. The van der Waals surface area contributed by atoms with Crippen molar-refractivity contribution in [3.8, 4) is 0 Å². The van der Waals surface area contributed by atoms with Crippen molar-refractivity contribution >= 4 is 11.6 Å². The second-order valence-corrected chi connectivity index (χ2v) is 7.07. The van der Waals surface area contributed by atoms with Crippen LogP contribution in [0.5, 0.6) is 0 Å². The van der Waals surface area contributed by atoms with Gasteiger partial charge in [-0.3, -0.25) is 14.2 Å². The molecule has 0 unspecified atom stereocenters. The van der Waals surface area contributed by atoms with E-state index in [-0.39, 0.29) is 24.5 Å². The number of imidazole rings is 1. The van der Waals surface area contributed by atoms with E-state index < -0.39 is 23.6 Å². The Balaban J connectivity index is 2.11. The number of fused-ring (bicyclic) bond motifs is 1. The normalized spacial score (nSPS) is 11.9. The van der Waals surface area contributed by atoms with E-state index in [1.54, 1.807) is 4.90 Å². The van der Waals surface area contributed by atoms with Gasteiger partial charge in [0.1, 0.15) is 11.4 Å². The molecule has 0 aliphatic carbocycles. The Hall–Kier alpha value is -2.87. The minimum absolute atomic E-state index is 0.160. The van der Waals surface area contributed by atoms with E-state index in [1.807, 2.05) is 44.2 Å². The highest BCUT2D eigenvalue weighted by Crippen LogP contribution is 2.28. The Bertz CT molecular complexity index is 957. The van der Waals surface area contributed by atoms with Crippen molar-refractivity contribution in [3.63, 3.8) is 0 Å². The maximum atomic E-state index is 13.7. The number of hydrogen-bond donors (Lipinski definition) is 0. The van der Waals surface area contributed by atoms with Crippen LogP contribution in [0.4, 0.5) is 8.78 Å². The van der Waals surface area contributed by atoms with E-state index in [2.05, 4.69) is 9.97 Å². The fourth-order valence-corrected chi connectivity index (χ4v) is 3.18. The fourth-order valence-electron chi connectivity index (χ4n) is 3.18. The zero-order valence-electron chi connectivity index (χ0n) is 16.0. The van der Waals surface area contributed by atoms with Gasteiger partial charge in [-0.1, -0.05) is 30.3 Å². The lowest BCUT2D eigenvalue weighted by molar-refractivity contribution is 0.0219. The van der Waals surface area contributed by atoms with E-state index in [4.69, 9.17) is 4.74 Å². The third-order valence-electron chi connectivity index (χ3n) is 4.52. The van der Waals surface area contributed by atoms with Gasteiger partial charge in [-0.05, 0) is 19.4 Å². The number of rotatable bonds is 7. The van der Waals surface area contributed by atoms with Crippen molar-refractivity contribution in [2.45, 2.75) is 32.4 Å². The van der Waals surface area contributed by atoms with E-state index in [9.17, 15) is 13.6 Å². The zero-order valence-corrected chi connectivity index (χ0v) is 16.0. The third-order valence-corrected chi connectivity index (χ3v) is 4.52. The van der Waals surface area contributed by atoms with Gasteiger partial charge in [0, 0.05) is 26.0 Å². The maximum Gasteiger partial charge on any atom is 0.282 e. The topological polar surface area (TPSA) is 59.7 Å². The van der Waals surface area contributed by atoms with Gasteiger partial charge in [-0.2, -0.15) is 0 Å². The summed E-state index contributed by atoms with van der Waals surface area (Å²) >= 11 is 0. The summed E-state index contributed by atoms with van der Waals surface area (Å²) in [5.74, 6) is -0.542. The number of aromatic nitrogens is 3. The van der Waals surface area contributed by atoms with Gasteiger partial charge in [-0.25, -0.2) is 13.8 Å². The van der Waals surface area contributed by atoms with Crippen LogP contribution >= 0.6 is 0 Å². The lowest BCUT2D eigenvalue weighted by atomic mass is 10.0. The molecule has 0 radical (unpaired) electrons. The van der Waals surface area contributed by atoms with Crippen LogP contribution in [0.15, 0.2) is 48.9 Å². The second kappa shape index (κ2) is 8.02. The third kappa shape index (κ3) is 3.87. The van der Waals surface area contributed by atoms with Gasteiger partial charge in [0.25, 0.3) is 12.3 Å². The van der Waals surface area contributed by atoms with Gasteiger partial charge >= 0.3 is 0 Å². The molecule has 8 heteroatoms. The summed E-state index contributed by atoms with van der Waals surface area (Å²) in [6.45, 7) is 4.17. The summed E-state index contributed by atoms with van der Waals surface area (Å²) in [6, 6.07) is 9.38. The molecule has 2 aromatic heterocycles. The van der Waals surface area contributed by atoms with Crippen LogP contribution in [-0.2, 0) is 11.3 Å². The molecule has 0 saturated heterocycles. The molecule has 0 aliphatic rings. The van der Waals surface area contributed by atoms with Gasteiger partial charge in [0.15, 0.2) is 5.65 Å². The fraction of sp³-hybridized carbons (Fsp3) is 0.350. The molecule has 28 heavy (non-hydrogen) atoms. The number of benzene rings is 1. The average Bonchev–Trinajstić information content (AvgIpc) is 3.06. The number of nitrogens with zero attached hydrogens (tertiary/aromatic N) is 4. The van der Waals surface area contributed by atoms with Crippen LogP contribution in [0.2, 0.25) is 0 Å². The van der Waals surface area contributed by atoms with Crippen molar-refractivity contribution in [1.29, 1.82) is 0 Å². The number of methoxy groups -OCH3 is 1. The molecule has 3 aromatic rings. The lowest BCUT2D eigenvalue weighted by Gasteiger charge is -2.38. The summed E-state index contributed by atoms with van der Waals surface area (Å²) in [5.41, 5.74) is -0.366. The first-order chi connectivity index (χ1) is 13.3. The molecule has 1 amide bonds. The van der Waals surface area contributed by atoms with Crippen molar-refractivity contribution in [2.24, 2.45) is 0 Å². The van der Waals surface area contributed by atoms with Crippen molar-refractivity contribution in [2.75, 3.05) is 13.7 Å².